The molecule has 1 aliphatic heterocycles. The van der Waals surface area contributed by atoms with Crippen LogP contribution in [-0.2, 0) is 0 Å². The van der Waals surface area contributed by atoms with E-state index in [-0.39, 0.29) is 0 Å². The van der Waals surface area contributed by atoms with Crippen LogP contribution in [0.2, 0.25) is 0 Å². The molecule has 1 aliphatic carbocycles. The van der Waals surface area contributed by atoms with Gasteiger partial charge in [0.25, 0.3) is 0 Å². The van der Waals surface area contributed by atoms with Gasteiger partial charge in [0.1, 0.15) is 0 Å². The molecule has 0 amide bonds. The zero-order valence-corrected chi connectivity index (χ0v) is 12.5. The van der Waals surface area contributed by atoms with E-state index in [0.717, 1.165) is 11.8 Å². The third-order valence-corrected chi connectivity index (χ3v) is 6.04. The molecule has 3 heteroatoms. The van der Waals surface area contributed by atoms with Gasteiger partial charge in [-0.2, -0.15) is 11.8 Å². The molecular weight excluding hydrogens is 228 g/mol. The minimum atomic E-state index is 0.326. The van der Waals surface area contributed by atoms with Gasteiger partial charge < -0.3 is 5.73 Å². The fraction of sp³-hybridized carbons (Fsp3) is 1.00. The van der Waals surface area contributed by atoms with Gasteiger partial charge in [0.15, 0.2) is 0 Å². The monoisotopic (exact) mass is 256 g/mol. The minimum Gasteiger partial charge on any atom is -0.329 e. The highest BCUT2D eigenvalue weighted by Gasteiger charge is 2.46. The lowest BCUT2D eigenvalue weighted by Crippen LogP contribution is -2.55. The van der Waals surface area contributed by atoms with Gasteiger partial charge >= 0.3 is 0 Å². The van der Waals surface area contributed by atoms with Crippen molar-refractivity contribution in [1.29, 1.82) is 0 Å². The van der Waals surface area contributed by atoms with Crippen LogP contribution < -0.4 is 5.73 Å². The van der Waals surface area contributed by atoms with Gasteiger partial charge in [0, 0.05) is 17.3 Å². The molecule has 0 aromatic heterocycles. The van der Waals surface area contributed by atoms with Crippen molar-refractivity contribution in [2.24, 2.45) is 11.1 Å². The third-order valence-electron chi connectivity index (χ3n) is 4.90. The normalized spacial score (nSPS) is 35.3. The number of likely N-dealkylation sites (tertiary alicyclic amines) is 1. The third kappa shape index (κ3) is 2.82. The second-order valence-corrected chi connectivity index (χ2v) is 7.83. The topological polar surface area (TPSA) is 29.3 Å². The van der Waals surface area contributed by atoms with Crippen molar-refractivity contribution >= 4 is 11.8 Å². The van der Waals surface area contributed by atoms with Gasteiger partial charge in [0.05, 0.1) is 0 Å². The van der Waals surface area contributed by atoms with Crippen LogP contribution in [0.5, 0.6) is 0 Å². The molecule has 17 heavy (non-hydrogen) atoms. The Morgan fingerprint density at radius 3 is 2.29 bits per heavy atom. The van der Waals surface area contributed by atoms with Crippen molar-refractivity contribution in [2.75, 3.05) is 25.9 Å². The van der Waals surface area contributed by atoms with E-state index in [1.165, 1.54) is 45.2 Å². The molecule has 0 aromatic carbocycles. The molecule has 1 heterocycles. The summed E-state index contributed by atoms with van der Waals surface area (Å²) in [7, 11) is 0. The summed E-state index contributed by atoms with van der Waals surface area (Å²) in [6.07, 6.45) is 8.89. The Bertz CT molecular complexity index is 259. The van der Waals surface area contributed by atoms with Crippen LogP contribution in [0, 0.1) is 5.41 Å². The number of thioether (sulfide) groups is 1. The Labute approximate surface area is 111 Å². The van der Waals surface area contributed by atoms with E-state index in [4.69, 9.17) is 5.73 Å². The summed E-state index contributed by atoms with van der Waals surface area (Å²) in [5.74, 6) is 0. The first-order valence-electron chi connectivity index (χ1n) is 6.99. The van der Waals surface area contributed by atoms with Crippen molar-refractivity contribution in [1.82, 2.24) is 4.90 Å². The number of hydrogen-bond donors (Lipinski definition) is 1. The van der Waals surface area contributed by atoms with Crippen molar-refractivity contribution in [3.63, 3.8) is 0 Å². The average molecular weight is 256 g/mol. The standard InChI is InChI=1S/C14H28N2S/c1-13(2)6-7-14(10-13,11-15)16-8-4-12(17-3)5-9-16/h12H,4-11,15H2,1-3H3. The first-order valence-corrected chi connectivity index (χ1v) is 8.28. The van der Waals surface area contributed by atoms with E-state index in [9.17, 15) is 0 Å². The molecule has 1 atom stereocenters. The van der Waals surface area contributed by atoms with E-state index >= 15 is 0 Å². The van der Waals surface area contributed by atoms with Crippen LogP contribution in [0.3, 0.4) is 0 Å². The van der Waals surface area contributed by atoms with Gasteiger partial charge in [-0.3, -0.25) is 4.90 Å². The van der Waals surface area contributed by atoms with Crippen molar-refractivity contribution in [2.45, 2.75) is 56.7 Å². The molecule has 2 nitrogen and oxygen atoms in total. The quantitative estimate of drug-likeness (QED) is 0.842. The fourth-order valence-electron chi connectivity index (χ4n) is 3.78. The average Bonchev–Trinajstić information content (AvgIpc) is 2.66. The second-order valence-electron chi connectivity index (χ2n) is 6.69. The number of nitrogens with two attached hydrogens (primary N) is 1. The summed E-state index contributed by atoms with van der Waals surface area (Å²) < 4.78 is 0. The van der Waals surface area contributed by atoms with E-state index in [0.29, 0.717) is 11.0 Å². The van der Waals surface area contributed by atoms with Crippen LogP contribution in [-0.4, -0.2) is 41.6 Å². The van der Waals surface area contributed by atoms with Crippen LogP contribution in [0.15, 0.2) is 0 Å². The predicted octanol–water partition coefficient (Wildman–Crippen LogP) is 2.72. The van der Waals surface area contributed by atoms with Gasteiger partial charge in [-0.15, -0.1) is 0 Å². The number of rotatable bonds is 3. The molecule has 0 bridgehead atoms. The number of hydrogen-bond acceptors (Lipinski definition) is 3. The first-order chi connectivity index (χ1) is 8.01. The second kappa shape index (κ2) is 5.10. The van der Waals surface area contributed by atoms with Crippen LogP contribution in [0.1, 0.15) is 46.0 Å². The van der Waals surface area contributed by atoms with Crippen LogP contribution in [0.4, 0.5) is 0 Å². The van der Waals surface area contributed by atoms with E-state index < -0.39 is 0 Å². The van der Waals surface area contributed by atoms with E-state index in [1.54, 1.807) is 0 Å². The van der Waals surface area contributed by atoms with E-state index in [1.807, 2.05) is 11.8 Å². The van der Waals surface area contributed by atoms with E-state index in [2.05, 4.69) is 25.0 Å². The highest BCUT2D eigenvalue weighted by atomic mass is 32.2. The molecule has 2 fully saturated rings. The predicted molar refractivity (Wildman–Crippen MR) is 77.5 cm³/mol. The lowest BCUT2D eigenvalue weighted by molar-refractivity contribution is 0.0703. The maximum absolute atomic E-state index is 6.14. The summed E-state index contributed by atoms with van der Waals surface area (Å²) in [6.45, 7) is 8.18. The van der Waals surface area contributed by atoms with Crippen LogP contribution in [0.25, 0.3) is 0 Å². The van der Waals surface area contributed by atoms with Crippen LogP contribution >= 0.6 is 11.8 Å². The summed E-state index contributed by atoms with van der Waals surface area (Å²) in [5.41, 5.74) is 6.96. The Hall–Kier alpha value is 0.270. The van der Waals surface area contributed by atoms with Crippen molar-refractivity contribution in [3.8, 4) is 0 Å². The summed E-state index contributed by atoms with van der Waals surface area (Å²) in [6, 6.07) is 0. The Morgan fingerprint density at radius 2 is 1.88 bits per heavy atom. The molecule has 1 saturated heterocycles. The molecule has 0 spiro atoms. The van der Waals surface area contributed by atoms with Gasteiger partial charge in [-0.05, 0) is 56.9 Å². The summed E-state index contributed by atoms with van der Waals surface area (Å²) in [4.78, 5) is 2.72. The molecule has 0 aromatic rings. The SMILES string of the molecule is CSC1CCN(C2(CN)CCC(C)(C)C2)CC1. The largest absolute Gasteiger partial charge is 0.329 e. The minimum absolute atomic E-state index is 0.326. The molecular formula is C14H28N2S. The Kier molecular flexibility index (Phi) is 4.11. The zero-order chi connectivity index (χ0) is 12.5. The Balaban J connectivity index is 2.00. The van der Waals surface area contributed by atoms with Gasteiger partial charge in [-0.1, -0.05) is 13.8 Å². The molecule has 2 aliphatic rings. The number of piperidine rings is 1. The molecule has 100 valence electrons. The lowest BCUT2D eigenvalue weighted by atomic mass is 9.86. The molecule has 1 unspecified atom stereocenters. The maximum Gasteiger partial charge on any atom is 0.0337 e. The number of nitrogens with zero attached hydrogens (tertiary/aromatic N) is 1. The summed E-state index contributed by atoms with van der Waals surface area (Å²) in [5, 5.41) is 0.885. The fourth-order valence-corrected chi connectivity index (χ4v) is 4.46. The smallest absolute Gasteiger partial charge is 0.0337 e. The molecule has 0 radical (unpaired) electrons. The molecule has 1 saturated carbocycles. The van der Waals surface area contributed by atoms with Gasteiger partial charge in [0.2, 0.25) is 0 Å². The van der Waals surface area contributed by atoms with Crippen molar-refractivity contribution in [3.05, 3.63) is 0 Å². The summed E-state index contributed by atoms with van der Waals surface area (Å²) >= 11 is 2.04. The van der Waals surface area contributed by atoms with Gasteiger partial charge in [-0.25, -0.2) is 0 Å². The highest BCUT2D eigenvalue weighted by molar-refractivity contribution is 7.99. The maximum atomic E-state index is 6.14. The zero-order valence-electron chi connectivity index (χ0n) is 11.7. The first kappa shape index (κ1) is 13.7. The lowest BCUT2D eigenvalue weighted by Gasteiger charge is -2.45. The molecule has 2 rings (SSSR count). The highest BCUT2D eigenvalue weighted by Crippen LogP contribution is 2.47. The molecule has 2 N–H and O–H groups in total. The van der Waals surface area contributed by atoms with Crippen molar-refractivity contribution < 1.29 is 0 Å². The Morgan fingerprint density at radius 1 is 1.24 bits per heavy atom.